The van der Waals surface area contributed by atoms with Gasteiger partial charge in [-0.1, -0.05) is 19.0 Å². The molecule has 1 saturated heterocycles. The molecule has 0 amide bonds. The Morgan fingerprint density at radius 3 is 2.22 bits per heavy atom. The van der Waals surface area contributed by atoms with Gasteiger partial charge in [0.05, 0.1) is 11.5 Å². The van der Waals surface area contributed by atoms with Crippen LogP contribution in [0.25, 0.3) is 0 Å². The van der Waals surface area contributed by atoms with Gasteiger partial charge in [-0.2, -0.15) is 4.98 Å². The molecule has 8 nitrogen and oxygen atoms in total. The number of sulfone groups is 1. The maximum Gasteiger partial charge on any atom is 0.324 e. The largest absolute Gasteiger partial charge is 0.488 e. The second-order valence-electron chi connectivity index (χ2n) is 8.09. The van der Waals surface area contributed by atoms with Gasteiger partial charge < -0.3 is 14.2 Å². The molecular formula is C20H29ClF2N4O4S. The minimum absolute atomic E-state index is 0. The van der Waals surface area contributed by atoms with Crippen molar-refractivity contribution in [1.29, 1.82) is 0 Å². The van der Waals surface area contributed by atoms with E-state index in [0.717, 1.165) is 44.6 Å². The average Bonchev–Trinajstić information content (AvgIpc) is 3.20. The fourth-order valence-electron chi connectivity index (χ4n) is 3.35. The normalized spacial score (nSPS) is 16.2. The third kappa shape index (κ3) is 6.29. The SMILES string of the molecule is CC(C)c1noc(N2CCN(C(C)CCOc3c(F)cc(S(C)(=O)=O)cc3F)CC2)n1.Cl. The Morgan fingerprint density at radius 1 is 1.12 bits per heavy atom. The molecule has 1 aromatic heterocycles. The van der Waals surface area contributed by atoms with Crippen LogP contribution < -0.4 is 9.64 Å². The summed E-state index contributed by atoms with van der Waals surface area (Å²) in [6.07, 6.45) is 1.45. The summed E-state index contributed by atoms with van der Waals surface area (Å²) in [5.41, 5.74) is 0. The maximum atomic E-state index is 14.1. The fourth-order valence-corrected chi connectivity index (χ4v) is 3.98. The van der Waals surface area contributed by atoms with Gasteiger partial charge in [-0.05, 0) is 25.5 Å². The van der Waals surface area contributed by atoms with Gasteiger partial charge >= 0.3 is 6.01 Å². The Balaban J connectivity index is 0.00000363. The molecule has 12 heteroatoms. The monoisotopic (exact) mass is 494 g/mol. The van der Waals surface area contributed by atoms with Crippen LogP contribution in [0, 0.1) is 11.6 Å². The van der Waals surface area contributed by atoms with Crippen molar-refractivity contribution >= 4 is 28.3 Å². The third-order valence-electron chi connectivity index (χ3n) is 5.34. The summed E-state index contributed by atoms with van der Waals surface area (Å²) >= 11 is 0. The van der Waals surface area contributed by atoms with Crippen LogP contribution in [-0.2, 0) is 9.84 Å². The molecule has 0 aliphatic carbocycles. The first-order valence-corrected chi connectivity index (χ1v) is 12.1. The predicted molar refractivity (Wildman–Crippen MR) is 118 cm³/mol. The molecule has 1 unspecified atom stereocenters. The maximum absolute atomic E-state index is 14.1. The van der Waals surface area contributed by atoms with Crippen molar-refractivity contribution in [3.63, 3.8) is 0 Å². The Morgan fingerprint density at radius 2 is 1.72 bits per heavy atom. The quantitative estimate of drug-likeness (QED) is 0.552. The molecular weight excluding hydrogens is 466 g/mol. The highest BCUT2D eigenvalue weighted by molar-refractivity contribution is 7.90. The van der Waals surface area contributed by atoms with Crippen LogP contribution in [0.15, 0.2) is 21.6 Å². The van der Waals surface area contributed by atoms with Gasteiger partial charge in [-0.15, -0.1) is 12.4 Å². The summed E-state index contributed by atoms with van der Waals surface area (Å²) in [4.78, 5) is 8.32. The van der Waals surface area contributed by atoms with Crippen LogP contribution >= 0.6 is 12.4 Å². The van der Waals surface area contributed by atoms with Crippen molar-refractivity contribution < 1.29 is 26.5 Å². The molecule has 1 fully saturated rings. The first-order chi connectivity index (χ1) is 14.6. The number of benzene rings is 1. The number of halogens is 3. The molecule has 0 spiro atoms. The lowest BCUT2D eigenvalue weighted by Crippen LogP contribution is -2.50. The fraction of sp³-hybridized carbons (Fsp3) is 0.600. The lowest BCUT2D eigenvalue weighted by Gasteiger charge is -2.37. The van der Waals surface area contributed by atoms with E-state index in [0.29, 0.717) is 18.3 Å². The zero-order valence-electron chi connectivity index (χ0n) is 18.5. The number of hydrogen-bond donors (Lipinski definition) is 0. The van der Waals surface area contributed by atoms with Gasteiger partial charge in [0.25, 0.3) is 0 Å². The van der Waals surface area contributed by atoms with Gasteiger partial charge in [-0.25, -0.2) is 17.2 Å². The zero-order chi connectivity index (χ0) is 22.8. The highest BCUT2D eigenvalue weighted by Gasteiger charge is 2.25. The number of piperazine rings is 1. The number of aromatic nitrogens is 2. The molecule has 0 N–H and O–H groups in total. The van der Waals surface area contributed by atoms with E-state index in [4.69, 9.17) is 9.26 Å². The van der Waals surface area contributed by atoms with Crippen LogP contribution in [0.1, 0.15) is 38.9 Å². The highest BCUT2D eigenvalue weighted by atomic mass is 35.5. The number of ether oxygens (including phenoxy) is 1. The topological polar surface area (TPSA) is 88.8 Å². The standard InChI is InChI=1S/C20H28F2N4O4S.ClH/c1-13(2)19-23-20(30-24-19)26-8-6-25(7-9-26)14(3)5-10-29-18-16(21)11-15(12-17(18)22)31(4,27)28;/h11-14H,5-10H2,1-4H3;1H. The minimum Gasteiger partial charge on any atom is -0.488 e. The molecule has 2 heterocycles. The molecule has 0 saturated carbocycles. The lowest BCUT2D eigenvalue weighted by atomic mass is 10.2. The first-order valence-electron chi connectivity index (χ1n) is 10.2. The highest BCUT2D eigenvalue weighted by Crippen LogP contribution is 2.26. The Bertz CT molecular complexity index is 988. The molecule has 2 aromatic rings. The first kappa shape index (κ1) is 26.3. The molecule has 1 aliphatic heterocycles. The Labute approximate surface area is 193 Å². The van der Waals surface area contributed by atoms with Crippen LogP contribution in [0.3, 0.4) is 0 Å². The summed E-state index contributed by atoms with van der Waals surface area (Å²) in [7, 11) is -3.70. The number of anilines is 1. The van der Waals surface area contributed by atoms with Gasteiger partial charge in [0.2, 0.25) is 0 Å². The molecule has 3 rings (SSSR count). The second kappa shape index (κ2) is 10.8. The smallest absolute Gasteiger partial charge is 0.324 e. The molecule has 1 aromatic carbocycles. The number of hydrogen-bond acceptors (Lipinski definition) is 8. The summed E-state index contributed by atoms with van der Waals surface area (Å²) in [6.45, 7) is 9.19. The van der Waals surface area contributed by atoms with Crippen molar-refractivity contribution in [1.82, 2.24) is 15.0 Å². The van der Waals surface area contributed by atoms with Crippen LogP contribution in [0.5, 0.6) is 5.75 Å². The van der Waals surface area contributed by atoms with E-state index in [-0.39, 0.29) is 31.0 Å². The lowest BCUT2D eigenvalue weighted by molar-refractivity contribution is 0.160. The molecule has 32 heavy (non-hydrogen) atoms. The summed E-state index contributed by atoms with van der Waals surface area (Å²) in [5, 5.41) is 3.99. The Kier molecular flexibility index (Phi) is 8.83. The molecule has 1 aliphatic rings. The molecule has 0 bridgehead atoms. The zero-order valence-corrected chi connectivity index (χ0v) is 20.2. The van der Waals surface area contributed by atoms with E-state index >= 15 is 0 Å². The van der Waals surface area contributed by atoms with E-state index in [1.807, 2.05) is 25.7 Å². The summed E-state index contributed by atoms with van der Waals surface area (Å²) < 4.78 is 61.8. The number of nitrogens with zero attached hydrogens (tertiary/aromatic N) is 4. The predicted octanol–water partition coefficient (Wildman–Crippen LogP) is 3.28. The van der Waals surface area contributed by atoms with Gasteiger partial charge in [-0.3, -0.25) is 4.90 Å². The molecule has 1 atom stereocenters. The van der Waals surface area contributed by atoms with Crippen molar-refractivity contribution in [2.75, 3.05) is 43.9 Å². The third-order valence-corrected chi connectivity index (χ3v) is 6.43. The average molecular weight is 495 g/mol. The van der Waals surface area contributed by atoms with Crippen molar-refractivity contribution in [3.8, 4) is 5.75 Å². The summed E-state index contributed by atoms with van der Waals surface area (Å²) in [6, 6.07) is 2.22. The van der Waals surface area contributed by atoms with Crippen LogP contribution in [-0.4, -0.2) is 68.5 Å². The van der Waals surface area contributed by atoms with Crippen molar-refractivity contribution in [3.05, 3.63) is 29.6 Å². The van der Waals surface area contributed by atoms with Gasteiger partial charge in [0, 0.05) is 44.4 Å². The van der Waals surface area contributed by atoms with Crippen LogP contribution in [0.4, 0.5) is 14.8 Å². The van der Waals surface area contributed by atoms with Crippen molar-refractivity contribution in [2.45, 2.75) is 44.0 Å². The van der Waals surface area contributed by atoms with E-state index in [9.17, 15) is 17.2 Å². The van der Waals surface area contributed by atoms with E-state index < -0.39 is 32.1 Å². The van der Waals surface area contributed by atoms with E-state index in [2.05, 4.69) is 15.0 Å². The molecule has 0 radical (unpaired) electrons. The number of rotatable bonds is 8. The minimum atomic E-state index is -3.70. The van der Waals surface area contributed by atoms with Crippen molar-refractivity contribution in [2.24, 2.45) is 0 Å². The van der Waals surface area contributed by atoms with Crippen LogP contribution in [0.2, 0.25) is 0 Å². The summed E-state index contributed by atoms with van der Waals surface area (Å²) in [5.74, 6) is -1.71. The Hall–Kier alpha value is -1.98. The second-order valence-corrected chi connectivity index (χ2v) is 10.1. The van der Waals surface area contributed by atoms with E-state index in [1.165, 1.54) is 0 Å². The molecule has 180 valence electrons. The van der Waals surface area contributed by atoms with Gasteiger partial charge in [0.15, 0.2) is 33.0 Å². The van der Waals surface area contributed by atoms with E-state index in [1.54, 1.807) is 0 Å². The van der Waals surface area contributed by atoms with Gasteiger partial charge in [0.1, 0.15) is 0 Å².